The van der Waals surface area contributed by atoms with E-state index in [0.29, 0.717) is 0 Å². The van der Waals surface area contributed by atoms with Crippen molar-refractivity contribution in [2.24, 2.45) is 5.41 Å². The predicted molar refractivity (Wildman–Crippen MR) is 63.7 cm³/mol. The van der Waals surface area contributed by atoms with E-state index in [1.54, 1.807) is 0 Å². The summed E-state index contributed by atoms with van der Waals surface area (Å²) in [6.45, 7) is 6.41. The van der Waals surface area contributed by atoms with Gasteiger partial charge < -0.3 is 5.11 Å². The molecular weight excluding hydrogens is 200 g/mol. The maximum Gasteiger partial charge on any atom is 0.303 e. The third-order valence-corrected chi connectivity index (χ3v) is 3.64. The molecule has 1 N–H and O–H groups in total. The summed E-state index contributed by atoms with van der Waals surface area (Å²) in [6.07, 6.45) is 1.23. The number of carbonyl (C=O) groups is 1. The summed E-state index contributed by atoms with van der Waals surface area (Å²) in [4.78, 5) is 10.9. The van der Waals surface area contributed by atoms with Crippen LogP contribution in [0.25, 0.3) is 0 Å². The normalized spacial score (nSPS) is 21.8. The fourth-order valence-electron chi connectivity index (χ4n) is 2.82. The average molecular weight is 218 g/mol. The Morgan fingerprint density at radius 1 is 1.50 bits per heavy atom. The van der Waals surface area contributed by atoms with Crippen LogP contribution in [0.3, 0.4) is 0 Å². The van der Waals surface area contributed by atoms with Crippen LogP contribution in [0.1, 0.15) is 42.9 Å². The van der Waals surface area contributed by atoms with Gasteiger partial charge in [-0.1, -0.05) is 37.6 Å². The SMILES string of the molecule is Cc1ccc2c(c1)CC(C)(C)C2CC(=O)O. The summed E-state index contributed by atoms with van der Waals surface area (Å²) in [5.41, 5.74) is 3.88. The first kappa shape index (κ1) is 11.2. The minimum Gasteiger partial charge on any atom is -0.481 e. The zero-order valence-corrected chi connectivity index (χ0v) is 10.1. The smallest absolute Gasteiger partial charge is 0.303 e. The fraction of sp³-hybridized carbons (Fsp3) is 0.500. The second kappa shape index (κ2) is 3.62. The van der Waals surface area contributed by atoms with Gasteiger partial charge >= 0.3 is 5.97 Å². The zero-order valence-electron chi connectivity index (χ0n) is 10.1. The molecule has 1 unspecified atom stereocenters. The molecule has 0 saturated heterocycles. The Morgan fingerprint density at radius 3 is 2.81 bits per heavy atom. The van der Waals surface area contributed by atoms with Crippen molar-refractivity contribution in [2.75, 3.05) is 0 Å². The van der Waals surface area contributed by atoms with Gasteiger partial charge in [0.15, 0.2) is 0 Å². The van der Waals surface area contributed by atoms with Crippen LogP contribution in [0.2, 0.25) is 0 Å². The van der Waals surface area contributed by atoms with Crippen molar-refractivity contribution in [2.45, 2.75) is 39.5 Å². The number of hydrogen-bond acceptors (Lipinski definition) is 1. The summed E-state index contributed by atoms with van der Waals surface area (Å²) in [5.74, 6) is -0.549. The van der Waals surface area contributed by atoms with Gasteiger partial charge in [-0.3, -0.25) is 4.79 Å². The molecule has 1 atom stereocenters. The Morgan fingerprint density at radius 2 is 2.19 bits per heavy atom. The van der Waals surface area contributed by atoms with Crippen LogP contribution in [0.5, 0.6) is 0 Å². The van der Waals surface area contributed by atoms with Crippen molar-refractivity contribution in [1.82, 2.24) is 0 Å². The van der Waals surface area contributed by atoms with Crippen molar-refractivity contribution in [3.05, 3.63) is 34.9 Å². The Hall–Kier alpha value is -1.31. The van der Waals surface area contributed by atoms with E-state index in [-0.39, 0.29) is 17.8 Å². The molecule has 0 bridgehead atoms. The van der Waals surface area contributed by atoms with E-state index in [2.05, 4.69) is 39.0 Å². The first-order valence-corrected chi connectivity index (χ1v) is 5.71. The van der Waals surface area contributed by atoms with E-state index in [1.165, 1.54) is 16.7 Å². The molecule has 1 aromatic rings. The van der Waals surface area contributed by atoms with Crippen LogP contribution in [0, 0.1) is 12.3 Å². The van der Waals surface area contributed by atoms with Crippen molar-refractivity contribution >= 4 is 5.97 Å². The van der Waals surface area contributed by atoms with Crippen LogP contribution < -0.4 is 0 Å². The third-order valence-electron chi connectivity index (χ3n) is 3.64. The zero-order chi connectivity index (χ0) is 11.9. The van der Waals surface area contributed by atoms with E-state index in [4.69, 9.17) is 5.11 Å². The lowest BCUT2D eigenvalue weighted by molar-refractivity contribution is -0.138. The lowest BCUT2D eigenvalue weighted by Crippen LogP contribution is -2.20. The fourth-order valence-corrected chi connectivity index (χ4v) is 2.82. The van der Waals surface area contributed by atoms with E-state index < -0.39 is 5.97 Å². The summed E-state index contributed by atoms with van der Waals surface area (Å²) < 4.78 is 0. The maximum absolute atomic E-state index is 10.9. The van der Waals surface area contributed by atoms with E-state index in [1.807, 2.05) is 0 Å². The molecule has 2 nitrogen and oxygen atoms in total. The molecule has 0 fully saturated rings. The molecule has 86 valence electrons. The number of carboxylic acid groups (broad SMARTS) is 1. The Balaban J connectivity index is 2.41. The molecular formula is C14H18O2. The van der Waals surface area contributed by atoms with Gasteiger partial charge in [0.1, 0.15) is 0 Å². The van der Waals surface area contributed by atoms with Crippen LogP contribution in [0.4, 0.5) is 0 Å². The summed E-state index contributed by atoms with van der Waals surface area (Å²) in [5, 5.41) is 8.99. The molecule has 2 heteroatoms. The standard InChI is InChI=1S/C14H18O2/c1-9-4-5-11-10(6-9)8-14(2,3)12(11)7-13(15)16/h4-6,12H,7-8H2,1-3H3,(H,15,16). The number of aliphatic carboxylic acids is 1. The Labute approximate surface area is 96.3 Å². The lowest BCUT2D eigenvalue weighted by atomic mass is 9.78. The molecule has 1 aliphatic rings. The third kappa shape index (κ3) is 1.84. The van der Waals surface area contributed by atoms with Gasteiger partial charge in [-0.05, 0) is 29.9 Å². The molecule has 2 rings (SSSR count). The molecule has 0 amide bonds. The molecule has 0 aliphatic heterocycles. The highest BCUT2D eigenvalue weighted by Gasteiger charge is 2.39. The second-order valence-electron chi connectivity index (χ2n) is 5.52. The second-order valence-corrected chi connectivity index (χ2v) is 5.52. The number of benzene rings is 1. The Bertz CT molecular complexity index is 432. The topological polar surface area (TPSA) is 37.3 Å². The Kier molecular flexibility index (Phi) is 2.53. The highest BCUT2D eigenvalue weighted by atomic mass is 16.4. The number of carboxylic acids is 1. The maximum atomic E-state index is 10.9. The minimum atomic E-state index is -0.702. The largest absolute Gasteiger partial charge is 0.481 e. The lowest BCUT2D eigenvalue weighted by Gasteiger charge is -2.26. The van der Waals surface area contributed by atoms with Gasteiger partial charge in [0.25, 0.3) is 0 Å². The van der Waals surface area contributed by atoms with E-state index in [9.17, 15) is 4.79 Å². The molecule has 0 radical (unpaired) electrons. The van der Waals surface area contributed by atoms with E-state index in [0.717, 1.165) is 6.42 Å². The van der Waals surface area contributed by atoms with Crippen LogP contribution in [-0.4, -0.2) is 11.1 Å². The average Bonchev–Trinajstić information content (AvgIpc) is 2.36. The van der Waals surface area contributed by atoms with Crippen molar-refractivity contribution in [3.8, 4) is 0 Å². The van der Waals surface area contributed by atoms with Crippen LogP contribution in [-0.2, 0) is 11.2 Å². The summed E-state index contributed by atoms with van der Waals surface area (Å²) in [7, 11) is 0. The molecule has 1 aromatic carbocycles. The van der Waals surface area contributed by atoms with Gasteiger partial charge in [0.2, 0.25) is 0 Å². The summed E-state index contributed by atoms with van der Waals surface area (Å²) in [6, 6.07) is 6.38. The number of rotatable bonds is 2. The minimum absolute atomic E-state index is 0.0640. The highest BCUT2D eigenvalue weighted by molar-refractivity contribution is 5.69. The molecule has 0 heterocycles. The molecule has 0 saturated carbocycles. The van der Waals surface area contributed by atoms with Crippen molar-refractivity contribution in [1.29, 1.82) is 0 Å². The predicted octanol–water partition coefficient (Wildman–Crippen LogP) is 3.14. The molecule has 0 spiro atoms. The van der Waals surface area contributed by atoms with Crippen molar-refractivity contribution < 1.29 is 9.90 Å². The van der Waals surface area contributed by atoms with Gasteiger partial charge in [0.05, 0.1) is 6.42 Å². The van der Waals surface area contributed by atoms with Crippen molar-refractivity contribution in [3.63, 3.8) is 0 Å². The quantitative estimate of drug-likeness (QED) is 0.828. The van der Waals surface area contributed by atoms with Gasteiger partial charge in [-0.15, -0.1) is 0 Å². The molecule has 16 heavy (non-hydrogen) atoms. The van der Waals surface area contributed by atoms with E-state index >= 15 is 0 Å². The number of aryl methyl sites for hydroxylation is 1. The molecule has 0 aromatic heterocycles. The van der Waals surface area contributed by atoms with Crippen LogP contribution >= 0.6 is 0 Å². The summed E-state index contributed by atoms with van der Waals surface area (Å²) >= 11 is 0. The highest BCUT2D eigenvalue weighted by Crippen LogP contribution is 2.48. The van der Waals surface area contributed by atoms with Gasteiger partial charge in [-0.25, -0.2) is 0 Å². The first-order chi connectivity index (χ1) is 7.40. The molecule has 1 aliphatic carbocycles. The number of hydrogen-bond donors (Lipinski definition) is 1. The van der Waals surface area contributed by atoms with Gasteiger partial charge in [-0.2, -0.15) is 0 Å². The van der Waals surface area contributed by atoms with Gasteiger partial charge in [0, 0.05) is 5.92 Å². The van der Waals surface area contributed by atoms with Crippen LogP contribution in [0.15, 0.2) is 18.2 Å². The first-order valence-electron chi connectivity index (χ1n) is 5.71. The monoisotopic (exact) mass is 218 g/mol. The number of fused-ring (bicyclic) bond motifs is 1.